The van der Waals surface area contributed by atoms with Gasteiger partial charge in [0.05, 0.1) is 25.3 Å². The van der Waals surface area contributed by atoms with Crippen LogP contribution in [0.15, 0.2) is 42.5 Å². The summed E-state index contributed by atoms with van der Waals surface area (Å²) in [5, 5.41) is 0. The molecule has 2 aromatic carbocycles. The number of hydrogen-bond acceptors (Lipinski definition) is 3. The van der Waals surface area contributed by atoms with Gasteiger partial charge in [0.1, 0.15) is 10.2 Å². The maximum Gasteiger partial charge on any atom is 0.161 e. The molecule has 4 nitrogen and oxygen atoms in total. The molecule has 0 N–H and O–H groups in total. The Kier molecular flexibility index (Phi) is 4.49. The van der Waals surface area contributed by atoms with E-state index in [-0.39, 0.29) is 5.92 Å². The molecule has 1 aliphatic carbocycles. The number of imidazole rings is 1. The summed E-state index contributed by atoms with van der Waals surface area (Å²) < 4.78 is 12.4. The number of benzene rings is 2. The summed E-state index contributed by atoms with van der Waals surface area (Å²) in [4.78, 5) is 4.84. The molecule has 0 spiro atoms. The van der Waals surface area contributed by atoms with Gasteiger partial charge in [-0.3, -0.25) is 0 Å². The maximum atomic E-state index is 6.26. The minimum Gasteiger partial charge on any atom is -0.493 e. The van der Waals surface area contributed by atoms with Crippen LogP contribution in [-0.2, 0) is 13.0 Å². The van der Waals surface area contributed by atoms with Crippen molar-refractivity contribution in [2.45, 2.75) is 23.7 Å². The molecule has 0 amide bonds. The molecule has 1 saturated carbocycles. The van der Waals surface area contributed by atoms with Gasteiger partial charge in [0, 0.05) is 18.9 Å². The average Bonchev–Trinajstić information content (AvgIpc) is 3.10. The predicted molar refractivity (Wildman–Crippen MR) is 105 cm³/mol. The van der Waals surface area contributed by atoms with Crippen LogP contribution in [0.25, 0.3) is 11.0 Å². The Labute approximate surface area is 162 Å². The van der Waals surface area contributed by atoms with Gasteiger partial charge in [0.25, 0.3) is 0 Å². The van der Waals surface area contributed by atoms with Crippen molar-refractivity contribution >= 4 is 34.2 Å². The molecule has 1 atom stereocenters. The first-order valence-corrected chi connectivity index (χ1v) is 9.30. The number of halogens is 2. The Hall–Kier alpha value is -1.91. The van der Waals surface area contributed by atoms with E-state index in [9.17, 15) is 0 Å². The highest BCUT2D eigenvalue weighted by atomic mass is 35.5. The first kappa shape index (κ1) is 17.5. The molecule has 3 aromatic rings. The van der Waals surface area contributed by atoms with E-state index in [1.165, 1.54) is 0 Å². The lowest BCUT2D eigenvalue weighted by Gasteiger charge is -2.12. The molecule has 0 radical (unpaired) electrons. The highest BCUT2D eigenvalue weighted by molar-refractivity contribution is 6.50. The number of rotatable bonds is 6. The van der Waals surface area contributed by atoms with Crippen molar-refractivity contribution in [3.05, 3.63) is 53.9 Å². The zero-order valence-corrected chi connectivity index (χ0v) is 16.2. The van der Waals surface area contributed by atoms with Crippen molar-refractivity contribution in [1.29, 1.82) is 0 Å². The Morgan fingerprint density at radius 2 is 1.85 bits per heavy atom. The number of fused-ring (bicyclic) bond motifs is 1. The molecular formula is C20H20Cl2N2O2. The van der Waals surface area contributed by atoms with Crippen LogP contribution in [0.4, 0.5) is 0 Å². The van der Waals surface area contributed by atoms with E-state index < -0.39 is 4.33 Å². The molecule has 26 heavy (non-hydrogen) atoms. The SMILES string of the molecule is COc1ccc(Cc2nc3ccccc3n2C[C@H]2CC2(Cl)Cl)cc1OC. The zero-order chi connectivity index (χ0) is 18.3. The predicted octanol–water partition coefficient (Wildman–Crippen LogP) is 4.84. The largest absolute Gasteiger partial charge is 0.493 e. The second-order valence-corrected chi connectivity index (χ2v) is 8.20. The topological polar surface area (TPSA) is 36.3 Å². The van der Waals surface area contributed by atoms with E-state index in [1.54, 1.807) is 14.2 Å². The van der Waals surface area contributed by atoms with E-state index in [0.29, 0.717) is 6.42 Å². The van der Waals surface area contributed by atoms with Crippen molar-refractivity contribution in [3.8, 4) is 11.5 Å². The molecule has 0 aliphatic heterocycles. The van der Waals surface area contributed by atoms with Gasteiger partial charge in [-0.2, -0.15) is 0 Å². The smallest absolute Gasteiger partial charge is 0.161 e. The minimum absolute atomic E-state index is 0.257. The van der Waals surface area contributed by atoms with Crippen molar-refractivity contribution in [2.75, 3.05) is 14.2 Å². The lowest BCUT2D eigenvalue weighted by molar-refractivity contribution is 0.354. The monoisotopic (exact) mass is 390 g/mol. The molecule has 0 saturated heterocycles. The molecule has 0 bridgehead atoms. The summed E-state index contributed by atoms with van der Waals surface area (Å²) in [6, 6.07) is 14.1. The van der Waals surface area contributed by atoms with E-state index in [4.69, 9.17) is 37.7 Å². The first-order valence-electron chi connectivity index (χ1n) is 8.54. The second kappa shape index (κ2) is 6.67. The van der Waals surface area contributed by atoms with E-state index >= 15 is 0 Å². The van der Waals surface area contributed by atoms with E-state index in [0.717, 1.165) is 46.9 Å². The average molecular weight is 391 g/mol. The Morgan fingerprint density at radius 3 is 2.54 bits per heavy atom. The lowest BCUT2D eigenvalue weighted by atomic mass is 10.1. The van der Waals surface area contributed by atoms with Crippen LogP contribution in [0.1, 0.15) is 17.8 Å². The molecule has 1 fully saturated rings. The number of ether oxygens (including phenoxy) is 2. The quantitative estimate of drug-likeness (QED) is 0.565. The van der Waals surface area contributed by atoms with Gasteiger partial charge in [-0.15, -0.1) is 23.2 Å². The van der Waals surface area contributed by atoms with Crippen LogP contribution in [0.5, 0.6) is 11.5 Å². The molecule has 6 heteroatoms. The van der Waals surface area contributed by atoms with Gasteiger partial charge in [0.15, 0.2) is 11.5 Å². The first-order chi connectivity index (χ1) is 12.5. The van der Waals surface area contributed by atoms with Gasteiger partial charge < -0.3 is 14.0 Å². The van der Waals surface area contributed by atoms with Gasteiger partial charge in [0.2, 0.25) is 0 Å². The fraction of sp³-hybridized carbons (Fsp3) is 0.350. The van der Waals surface area contributed by atoms with Gasteiger partial charge >= 0.3 is 0 Å². The number of nitrogens with zero attached hydrogens (tertiary/aromatic N) is 2. The van der Waals surface area contributed by atoms with Crippen molar-refractivity contribution in [1.82, 2.24) is 9.55 Å². The highest BCUT2D eigenvalue weighted by Crippen LogP contribution is 2.54. The minimum atomic E-state index is -0.605. The Balaban J connectivity index is 1.70. The summed E-state index contributed by atoms with van der Waals surface area (Å²) in [6.07, 6.45) is 1.51. The number of methoxy groups -OCH3 is 2. The molecular weight excluding hydrogens is 371 g/mol. The van der Waals surface area contributed by atoms with Crippen LogP contribution in [0.3, 0.4) is 0 Å². The third kappa shape index (κ3) is 3.24. The molecule has 1 aliphatic rings. The number of hydrogen-bond donors (Lipinski definition) is 0. The standard InChI is InChI=1S/C20H20Cl2N2O2/c1-25-17-8-7-13(9-18(17)26-2)10-19-23-15-5-3-4-6-16(15)24(19)12-14-11-20(14,21)22/h3-9,14H,10-12H2,1-2H3/t14-/m1/s1. The fourth-order valence-electron chi connectivity index (χ4n) is 3.33. The van der Waals surface area contributed by atoms with Crippen LogP contribution < -0.4 is 9.47 Å². The van der Waals surface area contributed by atoms with Crippen LogP contribution in [-0.4, -0.2) is 28.1 Å². The maximum absolute atomic E-state index is 6.26. The number of alkyl halides is 2. The molecule has 1 aromatic heterocycles. The van der Waals surface area contributed by atoms with E-state index in [1.807, 2.05) is 36.4 Å². The molecule has 1 heterocycles. The summed E-state index contributed by atoms with van der Waals surface area (Å²) in [6.45, 7) is 0.774. The Morgan fingerprint density at radius 1 is 1.12 bits per heavy atom. The third-order valence-electron chi connectivity index (χ3n) is 4.90. The van der Waals surface area contributed by atoms with Gasteiger partial charge in [-0.05, 0) is 36.2 Å². The van der Waals surface area contributed by atoms with Crippen molar-refractivity contribution < 1.29 is 9.47 Å². The summed E-state index contributed by atoms with van der Waals surface area (Å²) in [7, 11) is 3.28. The van der Waals surface area contributed by atoms with Crippen molar-refractivity contribution in [3.63, 3.8) is 0 Å². The third-order valence-corrected chi connectivity index (χ3v) is 5.83. The van der Waals surface area contributed by atoms with Crippen molar-refractivity contribution in [2.24, 2.45) is 5.92 Å². The van der Waals surface area contributed by atoms with Crippen LogP contribution in [0.2, 0.25) is 0 Å². The molecule has 136 valence electrons. The molecule has 4 rings (SSSR count). The molecule has 0 unspecified atom stereocenters. The fourth-order valence-corrected chi connectivity index (χ4v) is 3.84. The number of para-hydroxylation sites is 2. The van der Waals surface area contributed by atoms with Gasteiger partial charge in [-0.1, -0.05) is 18.2 Å². The summed E-state index contributed by atoms with van der Waals surface area (Å²) >= 11 is 12.5. The van der Waals surface area contributed by atoms with E-state index in [2.05, 4.69) is 10.6 Å². The van der Waals surface area contributed by atoms with Crippen LogP contribution >= 0.6 is 23.2 Å². The zero-order valence-electron chi connectivity index (χ0n) is 14.7. The number of aromatic nitrogens is 2. The second-order valence-electron chi connectivity index (χ2n) is 6.66. The lowest BCUT2D eigenvalue weighted by Crippen LogP contribution is -2.09. The highest BCUT2D eigenvalue weighted by Gasteiger charge is 2.51. The van der Waals surface area contributed by atoms with Gasteiger partial charge in [-0.25, -0.2) is 4.98 Å². The normalized spacial score (nSPS) is 18.1. The van der Waals surface area contributed by atoms with Crippen LogP contribution in [0, 0.1) is 5.92 Å². The summed E-state index contributed by atoms with van der Waals surface area (Å²) in [5.41, 5.74) is 3.20. The Bertz CT molecular complexity index is 952. The summed E-state index contributed by atoms with van der Waals surface area (Å²) in [5.74, 6) is 2.69.